The van der Waals surface area contributed by atoms with Gasteiger partial charge in [0.2, 0.25) is 5.91 Å². The van der Waals surface area contributed by atoms with Gasteiger partial charge in [0.15, 0.2) is 5.78 Å². The van der Waals surface area contributed by atoms with E-state index in [9.17, 15) is 23.5 Å². The van der Waals surface area contributed by atoms with Crippen molar-refractivity contribution in [2.75, 3.05) is 6.54 Å². The quantitative estimate of drug-likeness (QED) is 0.286. The van der Waals surface area contributed by atoms with Crippen LogP contribution in [0.4, 0.5) is 8.78 Å². The van der Waals surface area contributed by atoms with Crippen molar-refractivity contribution >= 4 is 23.0 Å². The molecule has 1 heterocycles. The van der Waals surface area contributed by atoms with E-state index >= 15 is 0 Å². The zero-order valence-electron chi connectivity index (χ0n) is 21.7. The van der Waals surface area contributed by atoms with Crippen molar-refractivity contribution < 1.29 is 23.5 Å². The Morgan fingerprint density at radius 3 is 2.34 bits per heavy atom. The predicted octanol–water partition coefficient (Wildman–Crippen LogP) is 5.75. The van der Waals surface area contributed by atoms with Gasteiger partial charge in [-0.15, -0.1) is 11.3 Å². The summed E-state index contributed by atoms with van der Waals surface area (Å²) in [5, 5.41) is 17.5. The second-order valence-electron chi connectivity index (χ2n) is 10.2. The molecule has 3 N–H and O–H groups in total. The molecule has 1 amide bonds. The number of carbonyl (C=O) groups excluding carboxylic acids is 2. The highest BCUT2D eigenvalue weighted by Gasteiger charge is 2.35. The molecule has 0 aliphatic heterocycles. The largest absolute Gasteiger partial charge is 0.390 e. The average Bonchev–Trinajstić information content (AvgIpc) is 3.38. The lowest BCUT2D eigenvalue weighted by molar-refractivity contribution is -0.120. The molecule has 1 aliphatic rings. The number of aliphatic hydroxyl groups excluding tert-OH is 1. The molecule has 0 unspecified atom stereocenters. The highest BCUT2D eigenvalue weighted by molar-refractivity contribution is 7.17. The summed E-state index contributed by atoms with van der Waals surface area (Å²) in [7, 11) is 0. The number of hydrogen-bond donors (Lipinski definition) is 3. The van der Waals surface area contributed by atoms with Crippen LogP contribution in [0.1, 0.15) is 66.8 Å². The average molecular weight is 541 g/mol. The molecule has 2 atom stereocenters. The summed E-state index contributed by atoms with van der Waals surface area (Å²) in [6.07, 6.45) is 4.12. The molecule has 0 spiro atoms. The molecular weight excluding hydrogens is 506 g/mol. The van der Waals surface area contributed by atoms with Crippen molar-refractivity contribution in [2.24, 2.45) is 0 Å². The van der Waals surface area contributed by atoms with Crippen LogP contribution < -0.4 is 10.6 Å². The van der Waals surface area contributed by atoms with Crippen molar-refractivity contribution in [3.8, 4) is 10.4 Å². The van der Waals surface area contributed by atoms with Crippen LogP contribution in [0.15, 0.2) is 54.6 Å². The third-order valence-corrected chi connectivity index (χ3v) is 8.48. The van der Waals surface area contributed by atoms with Crippen molar-refractivity contribution in [1.82, 2.24) is 10.6 Å². The van der Waals surface area contributed by atoms with Gasteiger partial charge in [0.25, 0.3) is 0 Å². The minimum absolute atomic E-state index is 0.0477. The van der Waals surface area contributed by atoms with Crippen molar-refractivity contribution in [2.45, 2.75) is 70.1 Å². The zero-order chi connectivity index (χ0) is 27.3. The lowest BCUT2D eigenvalue weighted by atomic mass is 9.76. The molecule has 202 valence electrons. The molecule has 1 fully saturated rings. The molecule has 3 aromatic rings. The zero-order valence-corrected chi connectivity index (χ0v) is 22.5. The van der Waals surface area contributed by atoms with Crippen LogP contribution in [0.3, 0.4) is 0 Å². The van der Waals surface area contributed by atoms with Crippen molar-refractivity contribution in [3.63, 3.8) is 0 Å². The molecular formula is C30H34F2N2O3S. The lowest BCUT2D eigenvalue weighted by Crippen LogP contribution is -2.53. The number of amides is 1. The van der Waals surface area contributed by atoms with Gasteiger partial charge in [-0.2, -0.15) is 0 Å². The Bertz CT molecular complexity index is 1270. The van der Waals surface area contributed by atoms with Gasteiger partial charge in [-0.25, -0.2) is 8.78 Å². The van der Waals surface area contributed by atoms with E-state index in [1.807, 2.05) is 24.3 Å². The molecule has 8 heteroatoms. The van der Waals surface area contributed by atoms with Gasteiger partial charge in [-0.3, -0.25) is 9.59 Å². The van der Waals surface area contributed by atoms with Gasteiger partial charge < -0.3 is 15.7 Å². The van der Waals surface area contributed by atoms with E-state index in [-0.39, 0.29) is 30.2 Å². The number of nitrogens with one attached hydrogen (secondary N) is 2. The van der Waals surface area contributed by atoms with Gasteiger partial charge in [0, 0.05) is 30.0 Å². The number of aliphatic hydroxyl groups is 1. The number of Topliss-reactive ketones (excluding diaryl/α,β-unsaturated/α-hetero) is 1. The van der Waals surface area contributed by atoms with Crippen LogP contribution in [0.25, 0.3) is 10.4 Å². The fraction of sp³-hybridized carbons (Fsp3) is 0.400. The summed E-state index contributed by atoms with van der Waals surface area (Å²) >= 11 is 1.48. The van der Waals surface area contributed by atoms with Crippen molar-refractivity contribution in [3.05, 3.63) is 82.2 Å². The Morgan fingerprint density at radius 2 is 1.71 bits per heavy atom. The van der Waals surface area contributed by atoms with E-state index in [0.717, 1.165) is 59.1 Å². The topological polar surface area (TPSA) is 78.4 Å². The van der Waals surface area contributed by atoms with Crippen LogP contribution in [0.2, 0.25) is 0 Å². The van der Waals surface area contributed by atoms with Crippen LogP contribution >= 0.6 is 11.3 Å². The van der Waals surface area contributed by atoms with E-state index < -0.39 is 23.8 Å². The number of halogens is 2. The number of benzene rings is 2. The van der Waals surface area contributed by atoms with Crippen LogP contribution in [-0.2, 0) is 16.8 Å². The maximum Gasteiger partial charge on any atom is 0.217 e. The Labute approximate surface area is 226 Å². The molecule has 2 aromatic carbocycles. The summed E-state index contributed by atoms with van der Waals surface area (Å²) in [6.45, 7) is 3.12. The Hall–Kier alpha value is -2.94. The monoisotopic (exact) mass is 540 g/mol. The standard InChI is InChI=1S/C30H34F2N2O3S/c1-19(35)28-9-10-29(38-28)22-7-6-8-23(16-22)30(11-4-3-5-12-30)33-18-27(37)26(34-20(2)36)15-21-13-24(31)17-25(32)14-21/h6-10,13-14,16-17,26-27,33,37H,3-5,11-12,15,18H2,1-2H3,(H,34,36)/t26-,27-/m0/s1. The maximum atomic E-state index is 13.7. The van der Waals surface area contributed by atoms with Gasteiger partial charge in [-0.1, -0.05) is 37.5 Å². The summed E-state index contributed by atoms with van der Waals surface area (Å²) in [5.41, 5.74) is 2.16. The number of thiophene rings is 1. The Kier molecular flexibility index (Phi) is 9.07. The SMILES string of the molecule is CC(=O)N[C@@H](Cc1cc(F)cc(F)c1)[C@@H](O)CNC1(c2cccc(-c3ccc(C(C)=O)s3)c2)CCCCC1. The molecule has 1 saturated carbocycles. The predicted molar refractivity (Wildman–Crippen MR) is 146 cm³/mol. The molecule has 0 radical (unpaired) electrons. The number of carbonyl (C=O) groups is 2. The lowest BCUT2D eigenvalue weighted by Gasteiger charge is -2.40. The molecule has 1 aliphatic carbocycles. The highest BCUT2D eigenvalue weighted by atomic mass is 32.1. The summed E-state index contributed by atoms with van der Waals surface area (Å²) in [6, 6.07) is 14.6. The second kappa shape index (κ2) is 12.3. The van der Waals surface area contributed by atoms with Gasteiger partial charge in [-0.05, 0) is 73.2 Å². The number of rotatable bonds is 10. The van der Waals surface area contributed by atoms with Crippen LogP contribution in [-0.4, -0.2) is 35.5 Å². The number of hydrogen-bond acceptors (Lipinski definition) is 5. The Morgan fingerprint density at radius 1 is 1.00 bits per heavy atom. The molecule has 0 bridgehead atoms. The summed E-state index contributed by atoms with van der Waals surface area (Å²) < 4.78 is 27.5. The van der Waals surface area contributed by atoms with E-state index in [2.05, 4.69) is 22.8 Å². The molecule has 38 heavy (non-hydrogen) atoms. The van der Waals surface area contributed by atoms with E-state index in [4.69, 9.17) is 0 Å². The Balaban J connectivity index is 1.55. The smallest absolute Gasteiger partial charge is 0.217 e. The first-order valence-corrected chi connectivity index (χ1v) is 13.8. The minimum atomic E-state index is -0.984. The maximum absolute atomic E-state index is 13.7. The summed E-state index contributed by atoms with van der Waals surface area (Å²) in [5.74, 6) is -1.67. The van der Waals surface area contributed by atoms with Gasteiger partial charge >= 0.3 is 0 Å². The highest BCUT2D eigenvalue weighted by Crippen LogP contribution is 2.39. The summed E-state index contributed by atoms with van der Waals surface area (Å²) in [4.78, 5) is 25.4. The van der Waals surface area contributed by atoms with Gasteiger partial charge in [0.05, 0.1) is 17.0 Å². The minimum Gasteiger partial charge on any atom is -0.390 e. The molecule has 4 rings (SSSR count). The fourth-order valence-corrected chi connectivity index (χ4v) is 6.24. The van der Waals surface area contributed by atoms with Gasteiger partial charge in [0.1, 0.15) is 11.6 Å². The van der Waals surface area contributed by atoms with Crippen LogP contribution in [0.5, 0.6) is 0 Å². The second-order valence-corrected chi connectivity index (χ2v) is 11.3. The molecule has 1 aromatic heterocycles. The van der Waals surface area contributed by atoms with E-state index in [0.29, 0.717) is 5.56 Å². The van der Waals surface area contributed by atoms with Crippen LogP contribution in [0, 0.1) is 11.6 Å². The first-order valence-electron chi connectivity index (χ1n) is 13.0. The molecule has 0 saturated heterocycles. The number of ketones is 1. The van der Waals surface area contributed by atoms with Crippen molar-refractivity contribution in [1.29, 1.82) is 0 Å². The third kappa shape index (κ3) is 6.92. The van der Waals surface area contributed by atoms with E-state index in [1.165, 1.54) is 30.4 Å². The first kappa shape index (κ1) is 28.1. The third-order valence-electron chi connectivity index (χ3n) is 7.24. The normalized spacial score (nSPS) is 16.6. The first-order chi connectivity index (χ1) is 18.1. The molecule has 5 nitrogen and oxygen atoms in total. The fourth-order valence-electron chi connectivity index (χ4n) is 5.34. The van der Waals surface area contributed by atoms with E-state index in [1.54, 1.807) is 6.92 Å².